The van der Waals surface area contributed by atoms with Crippen molar-refractivity contribution in [3.63, 3.8) is 0 Å². The van der Waals surface area contributed by atoms with Crippen molar-refractivity contribution in [1.82, 2.24) is 9.80 Å². The van der Waals surface area contributed by atoms with Crippen molar-refractivity contribution < 1.29 is 19.4 Å². The molecule has 1 aliphatic carbocycles. The Kier molecular flexibility index (Phi) is 4.78. The third-order valence-electron chi connectivity index (χ3n) is 5.70. The van der Waals surface area contributed by atoms with Crippen LogP contribution in [-0.4, -0.2) is 64.8 Å². The van der Waals surface area contributed by atoms with Crippen molar-refractivity contribution in [3.05, 3.63) is 0 Å². The Bertz CT molecular complexity index is 490. The number of carbonyl (C=O) groups is 2. The molecule has 2 saturated heterocycles. The van der Waals surface area contributed by atoms with Gasteiger partial charge in [-0.05, 0) is 64.8 Å². The highest BCUT2D eigenvalue weighted by molar-refractivity contribution is 5.71. The van der Waals surface area contributed by atoms with Gasteiger partial charge in [-0.3, -0.25) is 4.79 Å². The van der Waals surface area contributed by atoms with Gasteiger partial charge < -0.3 is 19.6 Å². The van der Waals surface area contributed by atoms with Crippen molar-refractivity contribution in [3.8, 4) is 0 Å². The lowest BCUT2D eigenvalue weighted by atomic mass is 9.76. The smallest absolute Gasteiger partial charge is 0.410 e. The Morgan fingerprint density at radius 2 is 1.75 bits per heavy atom. The minimum atomic E-state index is -0.646. The molecule has 1 N–H and O–H groups in total. The molecule has 24 heavy (non-hydrogen) atoms. The molecular formula is C18H30N2O4. The Labute approximate surface area is 144 Å². The topological polar surface area (TPSA) is 70.1 Å². The lowest BCUT2D eigenvalue weighted by Gasteiger charge is -2.49. The van der Waals surface area contributed by atoms with Crippen LogP contribution in [-0.2, 0) is 9.53 Å². The summed E-state index contributed by atoms with van der Waals surface area (Å²) in [5.74, 6) is 0.408. The fraction of sp³-hybridized carbons (Fsp3) is 0.889. The second-order valence-corrected chi connectivity index (χ2v) is 8.70. The monoisotopic (exact) mass is 338 g/mol. The third-order valence-corrected chi connectivity index (χ3v) is 5.70. The Morgan fingerprint density at radius 1 is 1.08 bits per heavy atom. The molecule has 3 aliphatic rings. The van der Waals surface area contributed by atoms with Gasteiger partial charge in [0.05, 0.1) is 5.92 Å². The molecular weight excluding hydrogens is 308 g/mol. The second-order valence-electron chi connectivity index (χ2n) is 8.70. The summed E-state index contributed by atoms with van der Waals surface area (Å²) < 4.78 is 5.42. The Balaban J connectivity index is 1.42. The van der Waals surface area contributed by atoms with Gasteiger partial charge in [-0.2, -0.15) is 0 Å². The van der Waals surface area contributed by atoms with Gasteiger partial charge in [0.25, 0.3) is 0 Å². The molecule has 3 rings (SSSR count). The number of nitrogens with zero attached hydrogens (tertiary/aromatic N) is 2. The Morgan fingerprint density at radius 3 is 2.33 bits per heavy atom. The van der Waals surface area contributed by atoms with Gasteiger partial charge in [0.15, 0.2) is 0 Å². The Hall–Kier alpha value is -1.30. The highest BCUT2D eigenvalue weighted by atomic mass is 16.6. The lowest BCUT2D eigenvalue weighted by molar-refractivity contribution is -0.147. The summed E-state index contributed by atoms with van der Waals surface area (Å²) in [5, 5.41) is 9.03. The van der Waals surface area contributed by atoms with Crippen molar-refractivity contribution in [2.24, 2.45) is 17.8 Å². The summed E-state index contributed by atoms with van der Waals surface area (Å²) in [6.45, 7) is 9.43. The maximum atomic E-state index is 12.0. The van der Waals surface area contributed by atoms with Crippen LogP contribution in [0, 0.1) is 17.8 Å². The number of hydrogen-bond donors (Lipinski definition) is 1. The molecule has 1 saturated carbocycles. The fourth-order valence-corrected chi connectivity index (χ4v) is 4.13. The average Bonchev–Trinajstić information content (AvgIpc) is 2.32. The number of carbonyl (C=O) groups excluding carboxylic acids is 1. The molecule has 0 aromatic heterocycles. The van der Waals surface area contributed by atoms with E-state index >= 15 is 0 Å². The van der Waals surface area contributed by atoms with E-state index in [0.29, 0.717) is 17.9 Å². The first kappa shape index (κ1) is 17.5. The van der Waals surface area contributed by atoms with Gasteiger partial charge in [0.2, 0.25) is 0 Å². The number of carboxylic acids is 1. The summed E-state index contributed by atoms with van der Waals surface area (Å²) in [5.41, 5.74) is -0.436. The molecule has 6 nitrogen and oxygen atoms in total. The zero-order valence-corrected chi connectivity index (χ0v) is 15.0. The second kappa shape index (κ2) is 6.54. The largest absolute Gasteiger partial charge is 0.481 e. The molecule has 2 aliphatic heterocycles. The van der Waals surface area contributed by atoms with Gasteiger partial charge in [-0.25, -0.2) is 4.79 Å². The van der Waals surface area contributed by atoms with Gasteiger partial charge >= 0.3 is 12.1 Å². The molecule has 1 unspecified atom stereocenters. The van der Waals surface area contributed by atoms with Crippen molar-refractivity contribution in [2.45, 2.75) is 58.1 Å². The normalized spacial score (nSPS) is 32.0. The average molecular weight is 338 g/mol. The molecule has 0 aromatic carbocycles. The standard InChI is InChI=1S/C18H30N2O4/c1-18(2,3)24-17(23)20-10-14(11-20)12-5-4-6-19(9-12)15-7-13(8-15)16(21)22/h12-15H,4-11H2,1-3H3,(H,21,22). The van der Waals surface area contributed by atoms with Crippen LogP contribution < -0.4 is 0 Å². The number of amides is 1. The maximum Gasteiger partial charge on any atom is 0.410 e. The van der Waals surface area contributed by atoms with Crippen molar-refractivity contribution in [2.75, 3.05) is 26.2 Å². The van der Waals surface area contributed by atoms with E-state index in [0.717, 1.165) is 39.0 Å². The van der Waals surface area contributed by atoms with Crippen LogP contribution in [0.5, 0.6) is 0 Å². The highest BCUT2D eigenvalue weighted by Crippen LogP contribution is 2.37. The van der Waals surface area contributed by atoms with E-state index < -0.39 is 11.6 Å². The predicted octanol–water partition coefficient (Wildman–Crippen LogP) is 2.43. The molecule has 0 aromatic rings. The molecule has 6 heteroatoms. The quantitative estimate of drug-likeness (QED) is 0.856. The number of ether oxygens (including phenoxy) is 1. The molecule has 2 heterocycles. The zero-order valence-electron chi connectivity index (χ0n) is 15.0. The van der Waals surface area contributed by atoms with Gasteiger partial charge in [-0.15, -0.1) is 0 Å². The predicted molar refractivity (Wildman–Crippen MR) is 89.7 cm³/mol. The van der Waals surface area contributed by atoms with Crippen LogP contribution in [0.25, 0.3) is 0 Å². The maximum absolute atomic E-state index is 12.0. The zero-order chi connectivity index (χ0) is 17.5. The molecule has 0 spiro atoms. The van der Waals surface area contributed by atoms with Crippen LogP contribution >= 0.6 is 0 Å². The SMILES string of the molecule is CC(C)(C)OC(=O)N1CC(C2CCCN(C3CC(C(=O)O)C3)C2)C1. The number of piperidine rings is 1. The van der Waals surface area contributed by atoms with Gasteiger partial charge in [0, 0.05) is 25.7 Å². The van der Waals surface area contributed by atoms with Crippen molar-refractivity contribution in [1.29, 1.82) is 0 Å². The van der Waals surface area contributed by atoms with E-state index in [1.54, 1.807) is 4.90 Å². The summed E-state index contributed by atoms with van der Waals surface area (Å²) in [7, 11) is 0. The van der Waals surface area contributed by atoms with Crippen LogP contribution in [0.15, 0.2) is 0 Å². The van der Waals surface area contributed by atoms with E-state index in [1.807, 2.05) is 20.8 Å². The molecule has 0 radical (unpaired) electrons. The van der Waals surface area contributed by atoms with Gasteiger partial charge in [-0.1, -0.05) is 0 Å². The van der Waals surface area contributed by atoms with E-state index in [9.17, 15) is 9.59 Å². The van der Waals surface area contributed by atoms with Crippen LogP contribution in [0.2, 0.25) is 0 Å². The van der Waals surface area contributed by atoms with Crippen molar-refractivity contribution >= 4 is 12.1 Å². The van der Waals surface area contributed by atoms with E-state index in [2.05, 4.69) is 4.90 Å². The van der Waals surface area contributed by atoms with E-state index in [-0.39, 0.29) is 12.0 Å². The summed E-state index contributed by atoms with van der Waals surface area (Å²) in [6, 6.07) is 0.455. The molecule has 3 fully saturated rings. The first-order valence-corrected chi connectivity index (χ1v) is 9.17. The first-order valence-electron chi connectivity index (χ1n) is 9.17. The lowest BCUT2D eigenvalue weighted by Crippen LogP contribution is -2.58. The summed E-state index contributed by atoms with van der Waals surface area (Å²) >= 11 is 0. The fourth-order valence-electron chi connectivity index (χ4n) is 4.13. The van der Waals surface area contributed by atoms with Gasteiger partial charge in [0.1, 0.15) is 5.60 Å². The summed E-state index contributed by atoms with van der Waals surface area (Å²) in [6.07, 6.45) is 3.81. The minimum absolute atomic E-state index is 0.137. The number of hydrogen-bond acceptors (Lipinski definition) is 4. The molecule has 1 amide bonds. The van der Waals surface area contributed by atoms with Crippen LogP contribution in [0.4, 0.5) is 4.79 Å². The number of likely N-dealkylation sites (tertiary alicyclic amines) is 2. The highest BCUT2D eigenvalue weighted by Gasteiger charge is 2.43. The minimum Gasteiger partial charge on any atom is -0.481 e. The molecule has 0 bridgehead atoms. The third kappa shape index (κ3) is 3.85. The number of carboxylic acid groups (broad SMARTS) is 1. The summed E-state index contributed by atoms with van der Waals surface area (Å²) in [4.78, 5) is 27.3. The van der Waals surface area contributed by atoms with Crippen LogP contribution in [0.3, 0.4) is 0 Å². The molecule has 1 atom stereocenters. The number of aliphatic carboxylic acids is 1. The van der Waals surface area contributed by atoms with E-state index in [4.69, 9.17) is 9.84 Å². The number of rotatable bonds is 3. The van der Waals surface area contributed by atoms with Crippen LogP contribution in [0.1, 0.15) is 46.5 Å². The molecule has 136 valence electrons. The van der Waals surface area contributed by atoms with E-state index in [1.165, 1.54) is 12.8 Å². The first-order chi connectivity index (χ1) is 11.2.